The summed E-state index contributed by atoms with van der Waals surface area (Å²) in [6.45, 7) is 3.23. The molecule has 1 amide bonds. The number of nitrogens with one attached hydrogen (secondary N) is 1. The monoisotopic (exact) mass is 418 g/mol. The molecule has 5 rings (SSSR count). The molecule has 160 valence electrons. The number of aryl methyl sites for hydroxylation is 1. The van der Waals surface area contributed by atoms with E-state index in [0.29, 0.717) is 13.2 Å². The fraction of sp³-hybridized carbons (Fsp3) is 0.391. The maximum atomic E-state index is 12.8. The Hall–Kier alpha value is -3.26. The van der Waals surface area contributed by atoms with Gasteiger partial charge in [-0.2, -0.15) is 0 Å². The van der Waals surface area contributed by atoms with E-state index in [4.69, 9.17) is 4.74 Å². The van der Waals surface area contributed by atoms with E-state index in [2.05, 4.69) is 36.0 Å². The smallest absolute Gasteiger partial charge is 0.234 e. The van der Waals surface area contributed by atoms with E-state index in [1.165, 1.54) is 0 Å². The van der Waals surface area contributed by atoms with Crippen LogP contribution in [0.15, 0.2) is 48.8 Å². The number of hydrogen-bond acceptors (Lipinski definition) is 6. The van der Waals surface area contributed by atoms with Gasteiger partial charge in [0.25, 0.3) is 0 Å². The third-order valence-electron chi connectivity index (χ3n) is 5.95. The van der Waals surface area contributed by atoms with Crippen molar-refractivity contribution in [3.8, 4) is 17.1 Å². The number of aromatic nitrogens is 4. The lowest BCUT2D eigenvalue weighted by atomic mass is 10.1. The van der Waals surface area contributed by atoms with Crippen LogP contribution in [0.3, 0.4) is 0 Å². The molecule has 4 heterocycles. The molecular formula is C23H26N6O2. The molecule has 0 radical (unpaired) electrons. The fourth-order valence-electron chi connectivity index (χ4n) is 4.34. The summed E-state index contributed by atoms with van der Waals surface area (Å²) in [4.78, 5) is 19.0. The molecule has 1 unspecified atom stereocenters. The lowest BCUT2D eigenvalue weighted by Crippen LogP contribution is -2.42. The predicted molar refractivity (Wildman–Crippen MR) is 115 cm³/mol. The van der Waals surface area contributed by atoms with Crippen LogP contribution >= 0.6 is 0 Å². The van der Waals surface area contributed by atoms with Crippen molar-refractivity contribution in [3.05, 3.63) is 60.2 Å². The van der Waals surface area contributed by atoms with E-state index < -0.39 is 0 Å². The summed E-state index contributed by atoms with van der Waals surface area (Å²) in [5, 5.41) is 12.0. The maximum Gasteiger partial charge on any atom is 0.234 e. The summed E-state index contributed by atoms with van der Waals surface area (Å²) in [6.07, 6.45) is 6.06. The Morgan fingerprint density at radius 1 is 1.10 bits per heavy atom. The second-order valence-corrected chi connectivity index (χ2v) is 8.09. The van der Waals surface area contributed by atoms with Gasteiger partial charge in [-0.3, -0.25) is 14.7 Å². The molecule has 31 heavy (non-hydrogen) atoms. The van der Waals surface area contributed by atoms with Crippen LogP contribution in [0.25, 0.3) is 11.4 Å². The molecule has 0 spiro atoms. The van der Waals surface area contributed by atoms with Crippen LogP contribution in [0.5, 0.6) is 5.75 Å². The van der Waals surface area contributed by atoms with Gasteiger partial charge in [0.05, 0.1) is 6.54 Å². The first-order valence-corrected chi connectivity index (χ1v) is 10.8. The largest absolute Gasteiger partial charge is 0.492 e. The highest BCUT2D eigenvalue weighted by molar-refractivity contribution is 5.78. The number of carbonyl (C=O) groups excluding carboxylic acids is 1. The molecule has 1 aromatic carbocycles. The Morgan fingerprint density at radius 3 is 2.87 bits per heavy atom. The zero-order valence-corrected chi connectivity index (χ0v) is 17.4. The van der Waals surface area contributed by atoms with E-state index in [1.807, 2.05) is 30.3 Å². The van der Waals surface area contributed by atoms with Crippen LogP contribution in [-0.2, 0) is 24.3 Å². The van der Waals surface area contributed by atoms with Crippen molar-refractivity contribution in [2.45, 2.75) is 38.4 Å². The van der Waals surface area contributed by atoms with Gasteiger partial charge in [0.2, 0.25) is 5.91 Å². The summed E-state index contributed by atoms with van der Waals surface area (Å²) in [7, 11) is 0. The molecule has 2 aromatic heterocycles. The highest BCUT2D eigenvalue weighted by Gasteiger charge is 2.23. The van der Waals surface area contributed by atoms with Crippen molar-refractivity contribution >= 4 is 5.91 Å². The predicted octanol–water partition coefficient (Wildman–Crippen LogP) is 2.06. The van der Waals surface area contributed by atoms with Gasteiger partial charge < -0.3 is 14.6 Å². The van der Waals surface area contributed by atoms with E-state index in [0.717, 1.165) is 67.4 Å². The zero-order chi connectivity index (χ0) is 21.0. The normalized spacial score (nSPS) is 18.8. The Labute approximate surface area is 181 Å². The number of nitrogens with zero attached hydrogens (tertiary/aromatic N) is 5. The van der Waals surface area contributed by atoms with E-state index >= 15 is 0 Å². The van der Waals surface area contributed by atoms with Crippen molar-refractivity contribution in [1.29, 1.82) is 0 Å². The van der Waals surface area contributed by atoms with Crippen LogP contribution in [0.4, 0.5) is 0 Å². The average Bonchev–Trinajstić information content (AvgIpc) is 2.94. The molecule has 1 N–H and O–H groups in total. The van der Waals surface area contributed by atoms with Crippen LogP contribution in [0, 0.1) is 0 Å². The van der Waals surface area contributed by atoms with E-state index in [-0.39, 0.29) is 11.9 Å². The molecule has 3 aromatic rings. The zero-order valence-electron chi connectivity index (χ0n) is 17.4. The summed E-state index contributed by atoms with van der Waals surface area (Å²) in [6, 6.07) is 12.1. The van der Waals surface area contributed by atoms with Gasteiger partial charge in [-0.25, -0.2) is 0 Å². The van der Waals surface area contributed by atoms with Crippen LogP contribution < -0.4 is 10.1 Å². The first kappa shape index (κ1) is 19.7. The van der Waals surface area contributed by atoms with Crippen molar-refractivity contribution in [2.75, 3.05) is 19.7 Å². The third-order valence-corrected chi connectivity index (χ3v) is 5.95. The topological polar surface area (TPSA) is 85.2 Å². The number of benzene rings is 1. The number of ether oxygens (including phenoxy) is 1. The second kappa shape index (κ2) is 8.85. The lowest BCUT2D eigenvalue weighted by molar-refractivity contribution is -0.123. The SMILES string of the molecule is O=C(CN1CCOc2ccccc2C1)NC1CCc2nnc(-c3ccncc3)n2CC1. The summed E-state index contributed by atoms with van der Waals surface area (Å²) >= 11 is 0. The van der Waals surface area contributed by atoms with Crippen molar-refractivity contribution in [2.24, 2.45) is 0 Å². The molecule has 0 bridgehead atoms. The van der Waals surface area contributed by atoms with Crippen LogP contribution in [0.2, 0.25) is 0 Å². The quantitative estimate of drug-likeness (QED) is 0.698. The number of pyridine rings is 1. The molecular weight excluding hydrogens is 392 g/mol. The molecule has 0 fully saturated rings. The molecule has 2 aliphatic heterocycles. The van der Waals surface area contributed by atoms with Crippen molar-refractivity contribution < 1.29 is 9.53 Å². The minimum atomic E-state index is 0.0661. The molecule has 0 saturated carbocycles. The highest BCUT2D eigenvalue weighted by atomic mass is 16.5. The van der Waals surface area contributed by atoms with Crippen LogP contribution in [0.1, 0.15) is 24.2 Å². The average molecular weight is 419 g/mol. The minimum absolute atomic E-state index is 0.0661. The first-order valence-electron chi connectivity index (χ1n) is 10.8. The number of hydrogen-bond donors (Lipinski definition) is 1. The maximum absolute atomic E-state index is 12.8. The molecule has 1 atom stereocenters. The molecule has 0 saturated heterocycles. The summed E-state index contributed by atoms with van der Waals surface area (Å²) in [5.74, 6) is 2.83. The number of para-hydroxylation sites is 1. The van der Waals surface area contributed by atoms with Gasteiger partial charge in [0.1, 0.15) is 18.2 Å². The lowest BCUT2D eigenvalue weighted by Gasteiger charge is -2.21. The molecule has 0 aliphatic carbocycles. The van der Waals surface area contributed by atoms with E-state index in [1.54, 1.807) is 12.4 Å². The summed E-state index contributed by atoms with van der Waals surface area (Å²) < 4.78 is 7.98. The number of amides is 1. The van der Waals surface area contributed by atoms with Crippen molar-refractivity contribution in [3.63, 3.8) is 0 Å². The first-order chi connectivity index (χ1) is 15.3. The number of rotatable bonds is 4. The number of fused-ring (bicyclic) bond motifs is 2. The van der Waals surface area contributed by atoms with Crippen LogP contribution in [-0.4, -0.2) is 56.3 Å². The molecule has 8 heteroatoms. The van der Waals surface area contributed by atoms with Gasteiger partial charge in [0.15, 0.2) is 5.82 Å². The highest BCUT2D eigenvalue weighted by Crippen LogP contribution is 2.23. The van der Waals surface area contributed by atoms with E-state index in [9.17, 15) is 4.79 Å². The molecule has 2 aliphatic rings. The number of carbonyl (C=O) groups is 1. The van der Waals surface area contributed by atoms with Gasteiger partial charge >= 0.3 is 0 Å². The standard InChI is InChI=1S/C23H26N6O2/c30-22(16-28-13-14-31-20-4-2-1-3-18(20)15-28)25-19-5-6-21-26-27-23(29(21)12-9-19)17-7-10-24-11-8-17/h1-4,7-8,10-11,19H,5-6,9,12-16H2,(H,25,30). The summed E-state index contributed by atoms with van der Waals surface area (Å²) in [5.41, 5.74) is 2.14. The van der Waals surface area contributed by atoms with Gasteiger partial charge in [-0.05, 0) is 31.0 Å². The van der Waals surface area contributed by atoms with Gasteiger partial charge in [-0.15, -0.1) is 10.2 Å². The fourth-order valence-corrected chi connectivity index (χ4v) is 4.34. The minimum Gasteiger partial charge on any atom is -0.492 e. The Morgan fingerprint density at radius 2 is 1.97 bits per heavy atom. The van der Waals surface area contributed by atoms with Gasteiger partial charge in [0, 0.05) is 55.6 Å². The van der Waals surface area contributed by atoms with Gasteiger partial charge in [-0.1, -0.05) is 18.2 Å². The second-order valence-electron chi connectivity index (χ2n) is 8.09. The van der Waals surface area contributed by atoms with Crippen molar-refractivity contribution in [1.82, 2.24) is 30.0 Å². The Balaban J connectivity index is 1.19. The Bertz CT molecular complexity index is 1050. The Kier molecular flexibility index (Phi) is 5.62. The third kappa shape index (κ3) is 4.44. The molecule has 8 nitrogen and oxygen atoms in total.